The van der Waals surface area contributed by atoms with Gasteiger partial charge in [-0.05, 0) is 43.3 Å². The van der Waals surface area contributed by atoms with E-state index in [9.17, 15) is 0 Å². The monoisotopic (exact) mass is 409 g/mol. The third kappa shape index (κ3) is 3.81. The van der Waals surface area contributed by atoms with Crippen molar-refractivity contribution in [2.75, 3.05) is 11.9 Å². The minimum absolute atomic E-state index is 0.255. The molecule has 0 amide bonds. The third-order valence-corrected chi connectivity index (χ3v) is 4.68. The molecule has 0 radical (unpaired) electrons. The number of aromatic nitrogens is 4. The molecule has 0 unspecified atom stereocenters. The van der Waals surface area contributed by atoms with Crippen LogP contribution in [0.1, 0.15) is 6.92 Å². The number of fused-ring (bicyclic) bond motifs is 1. The number of ether oxygens (including phenoxy) is 1. The summed E-state index contributed by atoms with van der Waals surface area (Å²) in [6.45, 7) is 2.52. The van der Waals surface area contributed by atoms with Gasteiger partial charge in [0.15, 0.2) is 0 Å². The van der Waals surface area contributed by atoms with Crippen molar-refractivity contribution in [3.8, 4) is 28.9 Å². The van der Waals surface area contributed by atoms with E-state index in [2.05, 4.69) is 20.5 Å². The van der Waals surface area contributed by atoms with Gasteiger partial charge in [0.05, 0.1) is 17.8 Å². The number of nitrogens with one attached hydrogen (secondary N) is 1. The molecule has 0 bridgehead atoms. The molecule has 152 valence electrons. The number of anilines is 2. The maximum atomic E-state index is 5.87. The molecule has 0 saturated heterocycles. The molecular formula is C24H19N5O2. The molecule has 5 rings (SSSR count). The fraction of sp³-hybridized carbons (Fsp3) is 0.0833. The van der Waals surface area contributed by atoms with E-state index in [0.717, 1.165) is 27.9 Å². The Bertz CT molecular complexity index is 1330. The SMILES string of the molecule is CCOc1ccccc1Nc1nc(-c2nnc(-c3ccccc3)o2)nc2ccccc12. The molecule has 1 N–H and O–H groups in total. The second-order valence-corrected chi connectivity index (χ2v) is 6.75. The lowest BCUT2D eigenvalue weighted by Crippen LogP contribution is -2.02. The Morgan fingerprint density at radius 1 is 0.806 bits per heavy atom. The summed E-state index contributed by atoms with van der Waals surface area (Å²) in [4.78, 5) is 9.34. The standard InChI is InChI=1S/C24H19N5O2/c1-2-30-20-15-9-8-14-19(20)26-21-17-12-6-7-13-18(17)25-22(27-21)24-29-28-23(31-24)16-10-4-3-5-11-16/h3-15H,2H2,1H3,(H,25,26,27). The van der Waals surface area contributed by atoms with Gasteiger partial charge in [0.25, 0.3) is 5.89 Å². The highest BCUT2D eigenvalue weighted by molar-refractivity contribution is 5.92. The van der Waals surface area contributed by atoms with Crippen LogP contribution in [0.2, 0.25) is 0 Å². The van der Waals surface area contributed by atoms with Gasteiger partial charge in [0.1, 0.15) is 11.6 Å². The smallest absolute Gasteiger partial charge is 0.286 e. The molecule has 0 aliphatic carbocycles. The van der Waals surface area contributed by atoms with Gasteiger partial charge in [-0.15, -0.1) is 10.2 Å². The van der Waals surface area contributed by atoms with E-state index < -0.39 is 0 Å². The van der Waals surface area contributed by atoms with Crippen LogP contribution in [0.25, 0.3) is 34.1 Å². The molecule has 5 aromatic rings. The highest BCUT2D eigenvalue weighted by Crippen LogP contribution is 2.31. The van der Waals surface area contributed by atoms with Gasteiger partial charge >= 0.3 is 0 Å². The predicted molar refractivity (Wildman–Crippen MR) is 119 cm³/mol. The summed E-state index contributed by atoms with van der Waals surface area (Å²) in [6, 6.07) is 25.1. The first-order valence-electron chi connectivity index (χ1n) is 9.97. The summed E-state index contributed by atoms with van der Waals surface area (Å²) in [7, 11) is 0. The highest BCUT2D eigenvalue weighted by Gasteiger charge is 2.17. The molecule has 0 spiro atoms. The third-order valence-electron chi connectivity index (χ3n) is 4.68. The van der Waals surface area contributed by atoms with Crippen LogP contribution >= 0.6 is 0 Å². The maximum Gasteiger partial charge on any atom is 0.286 e. The van der Waals surface area contributed by atoms with Gasteiger partial charge in [-0.2, -0.15) is 0 Å². The molecule has 2 aromatic heterocycles. The molecule has 2 heterocycles. The van der Waals surface area contributed by atoms with Crippen molar-refractivity contribution in [2.45, 2.75) is 6.92 Å². The van der Waals surface area contributed by atoms with E-state index in [1.165, 1.54) is 0 Å². The van der Waals surface area contributed by atoms with Crippen LogP contribution in [-0.2, 0) is 0 Å². The van der Waals surface area contributed by atoms with Gasteiger partial charge < -0.3 is 14.5 Å². The summed E-state index contributed by atoms with van der Waals surface area (Å²) in [5, 5.41) is 12.6. The van der Waals surface area contributed by atoms with Crippen LogP contribution in [0, 0.1) is 0 Å². The van der Waals surface area contributed by atoms with Crippen molar-refractivity contribution in [3.63, 3.8) is 0 Å². The summed E-state index contributed by atoms with van der Waals surface area (Å²) in [5.41, 5.74) is 2.42. The van der Waals surface area contributed by atoms with E-state index in [1.807, 2.05) is 85.8 Å². The van der Waals surface area contributed by atoms with E-state index in [4.69, 9.17) is 14.1 Å². The number of nitrogens with zero attached hydrogens (tertiary/aromatic N) is 4. The molecule has 0 aliphatic rings. The number of rotatable bonds is 6. The second kappa shape index (κ2) is 8.23. The summed E-state index contributed by atoms with van der Waals surface area (Å²) in [5.74, 6) is 2.41. The van der Waals surface area contributed by atoms with Crippen molar-refractivity contribution in [1.29, 1.82) is 0 Å². The van der Waals surface area contributed by atoms with Crippen molar-refractivity contribution in [1.82, 2.24) is 20.2 Å². The molecule has 31 heavy (non-hydrogen) atoms. The van der Waals surface area contributed by atoms with Gasteiger partial charge in [0.2, 0.25) is 11.7 Å². The van der Waals surface area contributed by atoms with Gasteiger partial charge in [-0.25, -0.2) is 9.97 Å². The average molecular weight is 409 g/mol. The van der Waals surface area contributed by atoms with Crippen LogP contribution in [-0.4, -0.2) is 26.8 Å². The van der Waals surface area contributed by atoms with Crippen LogP contribution in [0.15, 0.2) is 83.3 Å². The van der Waals surface area contributed by atoms with Crippen LogP contribution in [0.3, 0.4) is 0 Å². The Morgan fingerprint density at radius 3 is 2.42 bits per heavy atom. The van der Waals surface area contributed by atoms with Crippen LogP contribution in [0.5, 0.6) is 5.75 Å². The fourth-order valence-electron chi connectivity index (χ4n) is 3.26. The van der Waals surface area contributed by atoms with Gasteiger partial charge in [-0.3, -0.25) is 0 Å². The predicted octanol–water partition coefficient (Wildman–Crippen LogP) is 5.49. The van der Waals surface area contributed by atoms with Crippen molar-refractivity contribution < 1.29 is 9.15 Å². The van der Waals surface area contributed by atoms with E-state index in [-0.39, 0.29) is 5.89 Å². The van der Waals surface area contributed by atoms with Gasteiger partial charge in [0, 0.05) is 10.9 Å². The Morgan fingerprint density at radius 2 is 1.55 bits per heavy atom. The maximum absolute atomic E-state index is 5.87. The molecule has 0 saturated carbocycles. The zero-order valence-electron chi connectivity index (χ0n) is 16.8. The molecule has 7 nitrogen and oxygen atoms in total. The lowest BCUT2D eigenvalue weighted by molar-refractivity contribution is 0.342. The van der Waals surface area contributed by atoms with E-state index in [1.54, 1.807) is 0 Å². The Kier molecular flexibility index (Phi) is 4.98. The minimum atomic E-state index is 0.255. The number of hydrogen-bond acceptors (Lipinski definition) is 7. The first kappa shape index (κ1) is 18.7. The number of benzene rings is 3. The van der Waals surface area contributed by atoms with Crippen LogP contribution in [0.4, 0.5) is 11.5 Å². The summed E-state index contributed by atoms with van der Waals surface area (Å²) in [6.07, 6.45) is 0. The zero-order chi connectivity index (χ0) is 21.0. The van der Waals surface area contributed by atoms with Crippen molar-refractivity contribution in [3.05, 3.63) is 78.9 Å². The Labute approximate surface area is 178 Å². The first-order valence-corrected chi connectivity index (χ1v) is 9.97. The summed E-state index contributed by atoms with van der Waals surface area (Å²) < 4.78 is 11.6. The second-order valence-electron chi connectivity index (χ2n) is 6.75. The Hall–Kier alpha value is -4.26. The van der Waals surface area contributed by atoms with Crippen LogP contribution < -0.4 is 10.1 Å². The number of para-hydroxylation sites is 3. The highest BCUT2D eigenvalue weighted by atomic mass is 16.5. The first-order chi connectivity index (χ1) is 15.3. The molecule has 0 aliphatic heterocycles. The zero-order valence-corrected chi connectivity index (χ0v) is 16.8. The molecule has 7 heteroatoms. The molecular weight excluding hydrogens is 390 g/mol. The molecule has 0 atom stereocenters. The fourth-order valence-corrected chi connectivity index (χ4v) is 3.26. The lowest BCUT2D eigenvalue weighted by atomic mass is 10.2. The normalized spacial score (nSPS) is 10.9. The molecule has 3 aromatic carbocycles. The van der Waals surface area contributed by atoms with E-state index in [0.29, 0.717) is 24.1 Å². The molecule has 0 fully saturated rings. The van der Waals surface area contributed by atoms with Crippen molar-refractivity contribution >= 4 is 22.4 Å². The number of hydrogen-bond donors (Lipinski definition) is 1. The van der Waals surface area contributed by atoms with Gasteiger partial charge in [-0.1, -0.05) is 42.5 Å². The minimum Gasteiger partial charge on any atom is -0.492 e. The lowest BCUT2D eigenvalue weighted by Gasteiger charge is -2.13. The van der Waals surface area contributed by atoms with Crippen molar-refractivity contribution in [2.24, 2.45) is 0 Å². The Balaban J connectivity index is 1.58. The summed E-state index contributed by atoms with van der Waals surface area (Å²) >= 11 is 0. The topological polar surface area (TPSA) is 86.0 Å². The van der Waals surface area contributed by atoms with E-state index >= 15 is 0 Å². The quantitative estimate of drug-likeness (QED) is 0.397. The average Bonchev–Trinajstić information content (AvgIpc) is 3.31. The largest absolute Gasteiger partial charge is 0.492 e.